The van der Waals surface area contributed by atoms with Crippen LogP contribution < -0.4 is 4.74 Å². The highest BCUT2D eigenvalue weighted by atomic mass is 16.5. The predicted octanol–water partition coefficient (Wildman–Crippen LogP) is 2.42. The zero-order valence-electron chi connectivity index (χ0n) is 12.5. The Morgan fingerprint density at radius 3 is 2.75 bits per heavy atom. The minimum Gasteiger partial charge on any atom is -0.489 e. The Morgan fingerprint density at radius 1 is 1.40 bits per heavy atom. The van der Waals surface area contributed by atoms with E-state index in [0.717, 1.165) is 12.8 Å². The van der Waals surface area contributed by atoms with E-state index in [9.17, 15) is 5.11 Å². The van der Waals surface area contributed by atoms with Gasteiger partial charge in [0.25, 0.3) is 0 Å². The molecule has 4 nitrogen and oxygen atoms in total. The van der Waals surface area contributed by atoms with Crippen LogP contribution in [0.4, 0.5) is 0 Å². The maximum absolute atomic E-state index is 10.0. The number of nitrogens with zero attached hydrogens (tertiary/aromatic N) is 2. The molecule has 0 spiro atoms. The lowest BCUT2D eigenvalue weighted by Gasteiger charge is -2.26. The molecule has 0 saturated carbocycles. The lowest BCUT2D eigenvalue weighted by Crippen LogP contribution is -2.38. The first kappa shape index (κ1) is 16.5. The Labute approximate surface area is 121 Å². The van der Waals surface area contributed by atoms with Crippen LogP contribution in [0.2, 0.25) is 0 Å². The molecule has 0 saturated heterocycles. The molecule has 0 amide bonds. The summed E-state index contributed by atoms with van der Waals surface area (Å²) in [6.07, 6.45) is 1.68. The van der Waals surface area contributed by atoms with Crippen LogP contribution in [0.25, 0.3) is 0 Å². The Bertz CT molecular complexity index is 442. The summed E-state index contributed by atoms with van der Waals surface area (Å²) in [6.45, 7) is 5.07. The van der Waals surface area contributed by atoms with Crippen LogP contribution in [0, 0.1) is 11.3 Å². The molecule has 0 radical (unpaired) electrons. The largest absolute Gasteiger partial charge is 0.489 e. The van der Waals surface area contributed by atoms with Gasteiger partial charge in [-0.2, -0.15) is 5.26 Å². The highest BCUT2D eigenvalue weighted by Gasteiger charge is 2.14. The number of ether oxygens (including phenoxy) is 1. The molecule has 0 fully saturated rings. The molecule has 1 aromatic carbocycles. The summed E-state index contributed by atoms with van der Waals surface area (Å²) in [5.41, 5.74) is 0.493. The van der Waals surface area contributed by atoms with Crippen molar-refractivity contribution in [3.63, 3.8) is 0 Å². The molecule has 0 aliphatic rings. The van der Waals surface area contributed by atoms with Gasteiger partial charge >= 0.3 is 0 Å². The van der Waals surface area contributed by atoms with E-state index in [1.54, 1.807) is 18.2 Å². The molecule has 1 N–H and O–H groups in total. The van der Waals surface area contributed by atoms with Crippen molar-refractivity contribution in [1.29, 1.82) is 5.26 Å². The summed E-state index contributed by atoms with van der Waals surface area (Å²) in [7, 11) is 2.01. The third-order valence-corrected chi connectivity index (χ3v) is 3.40. The Kier molecular flexibility index (Phi) is 7.06. The van der Waals surface area contributed by atoms with Crippen molar-refractivity contribution in [2.75, 3.05) is 20.2 Å². The molecule has 0 aliphatic heterocycles. The number of aliphatic hydroxyl groups is 1. The molecule has 0 heterocycles. The zero-order valence-corrected chi connectivity index (χ0v) is 12.5. The van der Waals surface area contributed by atoms with Gasteiger partial charge < -0.3 is 14.7 Å². The Balaban J connectivity index is 2.43. The number of hydrogen-bond donors (Lipinski definition) is 1. The Hall–Kier alpha value is -1.57. The van der Waals surface area contributed by atoms with Crippen molar-refractivity contribution >= 4 is 0 Å². The molecule has 2 atom stereocenters. The number of likely N-dealkylation sites (N-methyl/N-ethyl adjacent to an activating group) is 1. The fourth-order valence-corrected chi connectivity index (χ4v) is 2.07. The fraction of sp³-hybridized carbons (Fsp3) is 0.562. The number of hydrogen-bond acceptors (Lipinski definition) is 4. The number of benzene rings is 1. The van der Waals surface area contributed by atoms with Crippen LogP contribution in [0.5, 0.6) is 5.75 Å². The number of aliphatic hydroxyl groups excluding tert-OH is 1. The van der Waals surface area contributed by atoms with E-state index in [0.29, 0.717) is 23.9 Å². The maximum atomic E-state index is 10.0. The summed E-state index contributed by atoms with van der Waals surface area (Å²) < 4.78 is 5.53. The van der Waals surface area contributed by atoms with E-state index in [4.69, 9.17) is 10.00 Å². The minimum absolute atomic E-state index is 0.196. The second kappa shape index (κ2) is 8.57. The SMILES string of the molecule is CCCC(C)N(C)CC(O)COc1ccccc1C#N. The molecule has 110 valence electrons. The highest BCUT2D eigenvalue weighted by Crippen LogP contribution is 2.16. The van der Waals surface area contributed by atoms with Gasteiger partial charge in [0, 0.05) is 12.6 Å². The quantitative estimate of drug-likeness (QED) is 0.792. The van der Waals surface area contributed by atoms with Gasteiger partial charge in [-0.1, -0.05) is 25.5 Å². The summed E-state index contributed by atoms with van der Waals surface area (Å²) in [5.74, 6) is 0.526. The lowest BCUT2D eigenvalue weighted by molar-refractivity contribution is 0.0640. The zero-order chi connectivity index (χ0) is 15.0. The van der Waals surface area contributed by atoms with Crippen molar-refractivity contribution in [2.45, 2.75) is 38.8 Å². The Morgan fingerprint density at radius 2 is 2.10 bits per heavy atom. The van der Waals surface area contributed by atoms with E-state index in [2.05, 4.69) is 24.8 Å². The van der Waals surface area contributed by atoms with Gasteiger partial charge in [0.2, 0.25) is 0 Å². The van der Waals surface area contributed by atoms with Crippen LogP contribution >= 0.6 is 0 Å². The van der Waals surface area contributed by atoms with Crippen LogP contribution in [-0.4, -0.2) is 42.4 Å². The van der Waals surface area contributed by atoms with E-state index in [1.165, 1.54) is 0 Å². The van der Waals surface area contributed by atoms with Gasteiger partial charge in [-0.05, 0) is 32.5 Å². The average Bonchev–Trinajstić information content (AvgIpc) is 2.45. The van der Waals surface area contributed by atoms with Crippen LogP contribution in [-0.2, 0) is 0 Å². The maximum Gasteiger partial charge on any atom is 0.137 e. The molecular formula is C16H24N2O2. The second-order valence-corrected chi connectivity index (χ2v) is 5.15. The van der Waals surface area contributed by atoms with Gasteiger partial charge in [0.1, 0.15) is 24.5 Å². The predicted molar refractivity (Wildman–Crippen MR) is 79.7 cm³/mol. The third kappa shape index (κ3) is 5.20. The molecule has 1 rings (SSSR count). The molecule has 2 unspecified atom stereocenters. The van der Waals surface area contributed by atoms with Crippen molar-refractivity contribution in [3.05, 3.63) is 29.8 Å². The van der Waals surface area contributed by atoms with Crippen molar-refractivity contribution in [1.82, 2.24) is 4.90 Å². The van der Waals surface area contributed by atoms with E-state index < -0.39 is 6.10 Å². The van der Waals surface area contributed by atoms with E-state index in [-0.39, 0.29) is 6.61 Å². The van der Waals surface area contributed by atoms with Crippen molar-refractivity contribution < 1.29 is 9.84 Å². The number of para-hydroxylation sites is 1. The molecule has 0 aliphatic carbocycles. The van der Waals surface area contributed by atoms with E-state index >= 15 is 0 Å². The molecule has 1 aromatic rings. The first-order valence-corrected chi connectivity index (χ1v) is 7.08. The van der Waals surface area contributed by atoms with Gasteiger partial charge in [-0.3, -0.25) is 0 Å². The van der Waals surface area contributed by atoms with Crippen LogP contribution in [0.1, 0.15) is 32.3 Å². The second-order valence-electron chi connectivity index (χ2n) is 5.15. The van der Waals surface area contributed by atoms with Gasteiger partial charge in [0.15, 0.2) is 0 Å². The lowest BCUT2D eigenvalue weighted by atomic mass is 10.1. The van der Waals surface area contributed by atoms with Crippen molar-refractivity contribution in [2.24, 2.45) is 0 Å². The standard InChI is InChI=1S/C16H24N2O2/c1-4-7-13(2)18(3)11-15(19)12-20-16-9-6-5-8-14(16)10-17/h5-6,8-9,13,15,19H,4,7,11-12H2,1-3H3. The monoisotopic (exact) mass is 276 g/mol. The highest BCUT2D eigenvalue weighted by molar-refractivity contribution is 5.42. The molecular weight excluding hydrogens is 252 g/mol. The molecule has 20 heavy (non-hydrogen) atoms. The topological polar surface area (TPSA) is 56.5 Å². The van der Waals surface area contributed by atoms with Crippen LogP contribution in [0.15, 0.2) is 24.3 Å². The molecule has 0 bridgehead atoms. The van der Waals surface area contributed by atoms with E-state index in [1.807, 2.05) is 13.1 Å². The van der Waals surface area contributed by atoms with Crippen LogP contribution in [0.3, 0.4) is 0 Å². The summed E-state index contributed by atoms with van der Waals surface area (Å²) >= 11 is 0. The smallest absolute Gasteiger partial charge is 0.137 e. The van der Waals surface area contributed by atoms with Gasteiger partial charge in [0.05, 0.1) is 5.56 Å². The first-order chi connectivity index (χ1) is 9.58. The van der Waals surface area contributed by atoms with Crippen molar-refractivity contribution in [3.8, 4) is 11.8 Å². The summed E-state index contributed by atoms with van der Waals surface area (Å²) in [4.78, 5) is 2.13. The molecule has 4 heteroatoms. The summed E-state index contributed by atoms with van der Waals surface area (Å²) in [6, 6.07) is 9.58. The minimum atomic E-state index is -0.564. The number of nitriles is 1. The van der Waals surface area contributed by atoms with Gasteiger partial charge in [-0.15, -0.1) is 0 Å². The van der Waals surface area contributed by atoms with Gasteiger partial charge in [-0.25, -0.2) is 0 Å². The number of rotatable bonds is 8. The fourth-order valence-electron chi connectivity index (χ4n) is 2.07. The third-order valence-electron chi connectivity index (χ3n) is 3.40. The molecule has 0 aromatic heterocycles. The first-order valence-electron chi connectivity index (χ1n) is 7.08. The summed E-state index contributed by atoms with van der Waals surface area (Å²) in [5, 5.41) is 19.0. The average molecular weight is 276 g/mol. The normalized spacial score (nSPS) is 13.8.